The van der Waals surface area contributed by atoms with Crippen LogP contribution in [0.25, 0.3) is 0 Å². The normalized spacial score (nSPS) is 20.2. The lowest BCUT2D eigenvalue weighted by molar-refractivity contribution is 0.232. The highest BCUT2D eigenvalue weighted by atomic mass is 32.2. The Morgan fingerprint density at radius 3 is 2.64 bits per heavy atom. The Morgan fingerprint density at radius 2 is 1.93 bits per heavy atom. The molecule has 1 saturated heterocycles. The number of hydrogen-bond acceptors (Lipinski definition) is 7. The summed E-state index contributed by atoms with van der Waals surface area (Å²) in [6, 6.07) is 9.86. The zero-order valence-corrected chi connectivity index (χ0v) is 17.4. The molecule has 8 nitrogen and oxygen atoms in total. The maximum atomic E-state index is 12.3. The molecule has 2 aliphatic rings. The van der Waals surface area contributed by atoms with Crippen LogP contribution in [0, 0.1) is 0 Å². The molecule has 28 heavy (non-hydrogen) atoms. The molecule has 1 aromatic heterocycles. The summed E-state index contributed by atoms with van der Waals surface area (Å²) in [7, 11) is -7.17. The number of piperidine rings is 1. The van der Waals surface area contributed by atoms with E-state index >= 15 is 0 Å². The number of fused-ring (bicyclic) bond motifs is 1. The Bertz CT molecular complexity index is 1090. The van der Waals surface area contributed by atoms with E-state index in [1.807, 2.05) is 0 Å². The Labute approximate surface area is 168 Å². The standard InChI is InChI=1S/C17H20N4O4S3/c22-27(23)15-5-2-1-4-14(15)18-16(20-27)12-21-9-7-13(8-10-21)19-28(24,25)17-6-3-11-26-17/h1-6,11,13,19H,7-10,12H2,(H,18,20). The van der Waals surface area contributed by atoms with Gasteiger partial charge >= 0.3 is 0 Å². The van der Waals surface area contributed by atoms with Gasteiger partial charge in [-0.25, -0.2) is 13.1 Å². The molecule has 2 N–H and O–H groups in total. The lowest BCUT2D eigenvalue weighted by Gasteiger charge is -2.32. The van der Waals surface area contributed by atoms with E-state index in [9.17, 15) is 16.8 Å². The fraction of sp³-hybridized carbons (Fsp3) is 0.353. The molecular weight excluding hydrogens is 420 g/mol. The second kappa shape index (κ2) is 7.56. The molecule has 2 aliphatic heterocycles. The summed E-state index contributed by atoms with van der Waals surface area (Å²) >= 11 is 1.19. The first kappa shape index (κ1) is 19.5. The van der Waals surface area contributed by atoms with Crippen molar-refractivity contribution in [2.24, 2.45) is 4.40 Å². The smallest absolute Gasteiger partial charge is 0.286 e. The Kier molecular flexibility index (Phi) is 5.27. The predicted octanol–water partition coefficient (Wildman–Crippen LogP) is 1.70. The molecule has 11 heteroatoms. The van der Waals surface area contributed by atoms with Gasteiger partial charge in [-0.15, -0.1) is 15.7 Å². The van der Waals surface area contributed by atoms with E-state index in [1.54, 1.807) is 35.7 Å². The molecule has 0 radical (unpaired) electrons. The monoisotopic (exact) mass is 440 g/mol. The van der Waals surface area contributed by atoms with Gasteiger partial charge in [-0.3, -0.25) is 4.90 Å². The summed E-state index contributed by atoms with van der Waals surface area (Å²) < 4.78 is 56.3. The minimum absolute atomic E-state index is 0.130. The minimum atomic E-state index is -3.69. The molecule has 0 spiro atoms. The van der Waals surface area contributed by atoms with Crippen molar-refractivity contribution in [3.63, 3.8) is 0 Å². The van der Waals surface area contributed by atoms with Gasteiger partial charge in [0.05, 0.1) is 12.2 Å². The molecule has 0 amide bonds. The summed E-state index contributed by atoms with van der Waals surface area (Å²) in [6.45, 7) is 1.68. The van der Waals surface area contributed by atoms with Gasteiger partial charge < -0.3 is 5.32 Å². The molecule has 150 valence electrons. The molecule has 0 aliphatic carbocycles. The van der Waals surface area contributed by atoms with Crippen LogP contribution in [0.15, 0.2) is 55.3 Å². The highest BCUT2D eigenvalue weighted by Crippen LogP contribution is 2.27. The zero-order chi connectivity index (χ0) is 19.8. The largest absolute Gasteiger partial charge is 0.341 e. The van der Waals surface area contributed by atoms with Gasteiger partial charge in [0, 0.05) is 19.1 Å². The maximum Gasteiger partial charge on any atom is 0.286 e. The fourth-order valence-electron chi connectivity index (χ4n) is 3.35. The van der Waals surface area contributed by atoms with Crippen molar-refractivity contribution in [2.45, 2.75) is 28.0 Å². The van der Waals surface area contributed by atoms with Crippen molar-refractivity contribution < 1.29 is 16.8 Å². The van der Waals surface area contributed by atoms with E-state index in [-0.39, 0.29) is 10.9 Å². The quantitative estimate of drug-likeness (QED) is 0.733. The van der Waals surface area contributed by atoms with Gasteiger partial charge in [-0.1, -0.05) is 18.2 Å². The summed E-state index contributed by atoms with van der Waals surface area (Å²) in [5, 5.41) is 4.82. The van der Waals surface area contributed by atoms with E-state index in [2.05, 4.69) is 19.3 Å². The van der Waals surface area contributed by atoms with E-state index in [1.165, 1.54) is 17.4 Å². The van der Waals surface area contributed by atoms with Crippen molar-refractivity contribution in [2.75, 3.05) is 25.0 Å². The maximum absolute atomic E-state index is 12.3. The van der Waals surface area contributed by atoms with E-state index in [0.29, 0.717) is 48.2 Å². The third kappa shape index (κ3) is 4.13. The highest BCUT2D eigenvalue weighted by molar-refractivity contribution is 7.91. The first-order chi connectivity index (χ1) is 13.3. The summed E-state index contributed by atoms with van der Waals surface area (Å²) in [4.78, 5) is 2.26. The van der Waals surface area contributed by atoms with Crippen LogP contribution >= 0.6 is 11.3 Å². The molecule has 1 aromatic carbocycles. The Balaban J connectivity index is 1.36. The van der Waals surface area contributed by atoms with Crippen LogP contribution in [0.4, 0.5) is 5.69 Å². The van der Waals surface area contributed by atoms with Gasteiger partial charge in [0.15, 0.2) is 0 Å². The van der Waals surface area contributed by atoms with Crippen LogP contribution in [0.1, 0.15) is 12.8 Å². The van der Waals surface area contributed by atoms with Crippen molar-refractivity contribution >= 4 is 42.9 Å². The molecule has 0 bridgehead atoms. The van der Waals surface area contributed by atoms with Gasteiger partial charge in [0.1, 0.15) is 14.9 Å². The number of sulfonamides is 2. The van der Waals surface area contributed by atoms with Gasteiger partial charge in [-0.2, -0.15) is 8.42 Å². The van der Waals surface area contributed by atoms with Crippen LogP contribution in [0.3, 0.4) is 0 Å². The Hall–Kier alpha value is -1.79. The second-order valence-electron chi connectivity index (χ2n) is 6.74. The summed E-state index contributed by atoms with van der Waals surface area (Å²) in [5.74, 6) is 0.385. The number of anilines is 1. The SMILES string of the molecule is O=S1(=O)N=C(CN2CCC(NS(=O)(=O)c3cccs3)CC2)Nc2ccccc21. The van der Waals surface area contributed by atoms with Crippen LogP contribution < -0.4 is 10.0 Å². The average Bonchev–Trinajstić information content (AvgIpc) is 3.18. The zero-order valence-electron chi connectivity index (χ0n) is 14.9. The van der Waals surface area contributed by atoms with Gasteiger partial charge in [-0.05, 0) is 36.4 Å². The lowest BCUT2D eigenvalue weighted by atomic mass is 10.1. The van der Waals surface area contributed by atoms with Crippen molar-refractivity contribution in [1.29, 1.82) is 0 Å². The predicted molar refractivity (Wildman–Crippen MR) is 109 cm³/mol. The van der Waals surface area contributed by atoms with E-state index < -0.39 is 20.0 Å². The fourth-order valence-corrected chi connectivity index (χ4v) is 6.80. The molecular formula is C17H20N4O4S3. The van der Waals surface area contributed by atoms with Crippen molar-refractivity contribution in [3.8, 4) is 0 Å². The first-order valence-corrected chi connectivity index (χ1v) is 12.6. The average molecular weight is 441 g/mol. The molecule has 1 fully saturated rings. The molecule has 2 aromatic rings. The van der Waals surface area contributed by atoms with Crippen LogP contribution in [0.5, 0.6) is 0 Å². The lowest BCUT2D eigenvalue weighted by Crippen LogP contribution is -2.46. The number of para-hydroxylation sites is 1. The topological polar surface area (TPSA) is 108 Å². The summed E-state index contributed by atoms with van der Waals surface area (Å²) in [6.07, 6.45) is 1.31. The molecule has 0 saturated carbocycles. The van der Waals surface area contributed by atoms with E-state index in [4.69, 9.17) is 0 Å². The number of nitrogens with zero attached hydrogens (tertiary/aromatic N) is 2. The molecule has 0 unspecified atom stereocenters. The number of likely N-dealkylation sites (tertiary alicyclic amines) is 1. The van der Waals surface area contributed by atoms with Gasteiger partial charge in [0.25, 0.3) is 10.0 Å². The number of hydrogen-bond donors (Lipinski definition) is 2. The highest BCUT2D eigenvalue weighted by Gasteiger charge is 2.28. The van der Waals surface area contributed by atoms with Gasteiger partial charge in [0.2, 0.25) is 10.0 Å². The van der Waals surface area contributed by atoms with Crippen molar-refractivity contribution in [1.82, 2.24) is 9.62 Å². The molecule has 3 heterocycles. The Morgan fingerprint density at radius 1 is 1.18 bits per heavy atom. The number of nitrogens with one attached hydrogen (secondary N) is 2. The van der Waals surface area contributed by atoms with Crippen LogP contribution in [-0.4, -0.2) is 53.2 Å². The van der Waals surface area contributed by atoms with Crippen molar-refractivity contribution in [3.05, 3.63) is 41.8 Å². The van der Waals surface area contributed by atoms with Crippen LogP contribution in [-0.2, 0) is 20.0 Å². The third-order valence-electron chi connectivity index (χ3n) is 4.72. The van der Waals surface area contributed by atoms with E-state index in [0.717, 1.165) is 0 Å². The number of rotatable bonds is 5. The number of amidine groups is 1. The number of thiophene rings is 1. The molecule has 4 rings (SSSR count). The second-order valence-corrected chi connectivity index (χ2v) is 11.2. The first-order valence-electron chi connectivity index (χ1n) is 8.82. The third-order valence-corrected chi connectivity index (χ3v) is 9.01. The summed E-state index contributed by atoms with van der Waals surface area (Å²) in [5.41, 5.74) is 0.533. The minimum Gasteiger partial charge on any atom is -0.341 e. The van der Waals surface area contributed by atoms with Crippen LogP contribution in [0.2, 0.25) is 0 Å². The number of benzene rings is 1. The molecule has 0 atom stereocenters.